The lowest BCUT2D eigenvalue weighted by Crippen LogP contribution is -2.39. The van der Waals surface area contributed by atoms with Crippen LogP contribution in [0.15, 0.2) is 30.3 Å². The van der Waals surface area contributed by atoms with Crippen molar-refractivity contribution in [1.29, 1.82) is 0 Å². The molecule has 2 atom stereocenters. The minimum absolute atomic E-state index is 0.245. The molecule has 0 saturated heterocycles. The van der Waals surface area contributed by atoms with Crippen LogP contribution in [0.2, 0.25) is 0 Å². The van der Waals surface area contributed by atoms with E-state index in [1.807, 2.05) is 18.2 Å². The standard InChI is InChI=1S/C12H15NO3S2/c1-2-16-12(15)11(18)13-10(14)9(17)8-6-4-3-5-7-8/h3-7,9,11,17-18H,2H2,1H3,(H,13,14). The van der Waals surface area contributed by atoms with E-state index in [9.17, 15) is 9.59 Å². The summed E-state index contributed by atoms with van der Waals surface area (Å²) in [6.07, 6.45) is 0. The van der Waals surface area contributed by atoms with E-state index in [1.165, 1.54) is 0 Å². The summed E-state index contributed by atoms with van der Waals surface area (Å²) < 4.78 is 4.74. The molecule has 18 heavy (non-hydrogen) atoms. The monoisotopic (exact) mass is 285 g/mol. The van der Waals surface area contributed by atoms with Gasteiger partial charge in [0.05, 0.1) is 6.61 Å². The highest BCUT2D eigenvalue weighted by Crippen LogP contribution is 2.19. The van der Waals surface area contributed by atoms with Gasteiger partial charge in [-0.3, -0.25) is 4.79 Å². The van der Waals surface area contributed by atoms with Gasteiger partial charge in [0.1, 0.15) is 5.25 Å². The Kier molecular flexibility index (Phi) is 6.07. The van der Waals surface area contributed by atoms with Gasteiger partial charge in [-0.25, -0.2) is 4.79 Å². The molecule has 0 aromatic heterocycles. The predicted octanol–water partition coefficient (Wildman–Crippen LogP) is 1.59. The van der Waals surface area contributed by atoms with E-state index < -0.39 is 22.5 Å². The lowest BCUT2D eigenvalue weighted by molar-refractivity contribution is -0.144. The third kappa shape index (κ3) is 4.27. The average Bonchev–Trinajstić information content (AvgIpc) is 2.39. The van der Waals surface area contributed by atoms with Crippen molar-refractivity contribution >= 4 is 37.1 Å². The van der Waals surface area contributed by atoms with Gasteiger partial charge in [0.15, 0.2) is 5.37 Å². The molecule has 1 amide bonds. The SMILES string of the molecule is CCOC(=O)C(S)NC(=O)C(S)c1ccccc1. The van der Waals surface area contributed by atoms with Gasteiger partial charge in [0, 0.05) is 0 Å². The van der Waals surface area contributed by atoms with Crippen molar-refractivity contribution in [3.8, 4) is 0 Å². The minimum atomic E-state index is -0.976. The third-order valence-electron chi connectivity index (χ3n) is 2.15. The highest BCUT2D eigenvalue weighted by Gasteiger charge is 2.22. The smallest absolute Gasteiger partial charge is 0.339 e. The second-order valence-corrected chi connectivity index (χ2v) is 4.51. The lowest BCUT2D eigenvalue weighted by Gasteiger charge is -2.15. The molecule has 1 N–H and O–H groups in total. The quantitative estimate of drug-likeness (QED) is 0.437. The van der Waals surface area contributed by atoms with Gasteiger partial charge >= 0.3 is 5.97 Å². The van der Waals surface area contributed by atoms with Crippen LogP contribution in [0.5, 0.6) is 0 Å². The lowest BCUT2D eigenvalue weighted by atomic mass is 10.1. The van der Waals surface area contributed by atoms with Gasteiger partial charge in [-0.15, -0.1) is 12.6 Å². The van der Waals surface area contributed by atoms with E-state index in [2.05, 4.69) is 30.6 Å². The number of esters is 1. The van der Waals surface area contributed by atoms with Crippen LogP contribution in [0, 0.1) is 0 Å². The molecule has 4 nitrogen and oxygen atoms in total. The first-order chi connectivity index (χ1) is 8.56. The first kappa shape index (κ1) is 14.9. The first-order valence-electron chi connectivity index (χ1n) is 5.44. The van der Waals surface area contributed by atoms with E-state index >= 15 is 0 Å². The number of rotatable bonds is 5. The number of hydrogen-bond donors (Lipinski definition) is 3. The maximum atomic E-state index is 11.8. The van der Waals surface area contributed by atoms with Crippen molar-refractivity contribution in [2.24, 2.45) is 0 Å². The van der Waals surface area contributed by atoms with E-state index in [4.69, 9.17) is 4.74 Å². The number of ether oxygens (including phenoxy) is 1. The molecule has 0 bridgehead atoms. The Hall–Kier alpha value is -1.14. The van der Waals surface area contributed by atoms with Gasteiger partial charge in [0.25, 0.3) is 0 Å². The number of amides is 1. The minimum Gasteiger partial charge on any atom is -0.464 e. The summed E-state index contributed by atoms with van der Waals surface area (Å²) in [6, 6.07) is 9.05. The molecule has 6 heteroatoms. The summed E-state index contributed by atoms with van der Waals surface area (Å²) in [5.41, 5.74) is 0.753. The van der Waals surface area contributed by atoms with Crippen molar-refractivity contribution in [2.45, 2.75) is 17.5 Å². The van der Waals surface area contributed by atoms with Crippen LogP contribution < -0.4 is 5.32 Å². The zero-order valence-corrected chi connectivity index (χ0v) is 11.7. The number of carbonyl (C=O) groups excluding carboxylic acids is 2. The second kappa shape index (κ2) is 7.33. The first-order valence-corrected chi connectivity index (χ1v) is 6.47. The van der Waals surface area contributed by atoms with E-state index in [0.29, 0.717) is 0 Å². The number of carbonyl (C=O) groups is 2. The number of benzene rings is 1. The molecule has 0 heterocycles. The fourth-order valence-corrected chi connectivity index (χ4v) is 1.73. The Morgan fingerprint density at radius 1 is 1.28 bits per heavy atom. The molecule has 98 valence electrons. The summed E-state index contributed by atoms with van der Waals surface area (Å²) in [4.78, 5) is 23.1. The maximum Gasteiger partial charge on any atom is 0.339 e. The van der Waals surface area contributed by atoms with Crippen LogP contribution in [0.25, 0.3) is 0 Å². The number of hydrogen-bond acceptors (Lipinski definition) is 5. The van der Waals surface area contributed by atoms with Crippen LogP contribution >= 0.6 is 25.3 Å². The van der Waals surface area contributed by atoms with E-state index in [0.717, 1.165) is 5.56 Å². The molecule has 0 fully saturated rings. The third-order valence-corrected chi connectivity index (χ3v) is 3.03. The molecule has 1 rings (SSSR count). The fraction of sp³-hybridized carbons (Fsp3) is 0.333. The van der Waals surface area contributed by atoms with Gasteiger partial charge in [-0.05, 0) is 12.5 Å². The molecule has 0 radical (unpaired) electrons. The predicted molar refractivity (Wildman–Crippen MR) is 75.7 cm³/mol. The van der Waals surface area contributed by atoms with Crippen LogP contribution in [0.1, 0.15) is 17.7 Å². The van der Waals surface area contributed by atoms with E-state index in [1.54, 1.807) is 19.1 Å². The van der Waals surface area contributed by atoms with Crippen LogP contribution in [-0.2, 0) is 14.3 Å². The molecular weight excluding hydrogens is 270 g/mol. The van der Waals surface area contributed by atoms with Crippen molar-refractivity contribution < 1.29 is 14.3 Å². The summed E-state index contributed by atoms with van der Waals surface area (Å²) in [7, 11) is 0. The zero-order valence-electron chi connectivity index (χ0n) is 9.87. The Labute approximate surface area is 117 Å². The molecule has 2 unspecified atom stereocenters. The van der Waals surface area contributed by atoms with Crippen LogP contribution in [-0.4, -0.2) is 23.9 Å². The van der Waals surface area contributed by atoms with Gasteiger partial charge in [-0.2, -0.15) is 12.6 Å². The topological polar surface area (TPSA) is 55.4 Å². The largest absolute Gasteiger partial charge is 0.464 e. The molecule has 0 spiro atoms. The Balaban J connectivity index is 2.58. The summed E-state index contributed by atoms with van der Waals surface area (Å²) in [6.45, 7) is 1.93. The van der Waals surface area contributed by atoms with Crippen molar-refractivity contribution in [2.75, 3.05) is 6.61 Å². The highest BCUT2D eigenvalue weighted by atomic mass is 32.1. The molecule has 0 aliphatic heterocycles. The normalized spacial score (nSPS) is 13.5. The molecule has 0 saturated carbocycles. The molecular formula is C12H15NO3S2. The highest BCUT2D eigenvalue weighted by molar-refractivity contribution is 7.82. The van der Waals surface area contributed by atoms with E-state index in [-0.39, 0.29) is 6.61 Å². The summed E-state index contributed by atoms with van der Waals surface area (Å²) >= 11 is 8.18. The van der Waals surface area contributed by atoms with Crippen molar-refractivity contribution in [3.63, 3.8) is 0 Å². The molecule has 1 aromatic rings. The molecule has 0 aliphatic rings. The molecule has 1 aromatic carbocycles. The maximum absolute atomic E-state index is 11.8. The Morgan fingerprint density at radius 3 is 2.44 bits per heavy atom. The van der Waals surface area contributed by atoms with Gasteiger partial charge in [0.2, 0.25) is 5.91 Å². The van der Waals surface area contributed by atoms with Gasteiger partial charge < -0.3 is 10.1 Å². The van der Waals surface area contributed by atoms with Crippen LogP contribution in [0.4, 0.5) is 0 Å². The summed E-state index contributed by atoms with van der Waals surface area (Å²) in [5, 5.41) is 0.818. The molecule has 0 aliphatic carbocycles. The van der Waals surface area contributed by atoms with Gasteiger partial charge in [-0.1, -0.05) is 30.3 Å². The van der Waals surface area contributed by atoms with Crippen molar-refractivity contribution in [3.05, 3.63) is 35.9 Å². The number of thiol groups is 2. The number of nitrogens with one attached hydrogen (secondary N) is 1. The second-order valence-electron chi connectivity index (χ2n) is 3.48. The fourth-order valence-electron chi connectivity index (χ4n) is 1.28. The van der Waals surface area contributed by atoms with Crippen molar-refractivity contribution in [1.82, 2.24) is 5.32 Å². The van der Waals surface area contributed by atoms with Crippen LogP contribution in [0.3, 0.4) is 0 Å². The average molecular weight is 285 g/mol. The summed E-state index contributed by atoms with van der Waals surface area (Å²) in [5.74, 6) is -0.972. The Morgan fingerprint density at radius 2 is 1.89 bits per heavy atom. The zero-order chi connectivity index (χ0) is 13.5. The Bertz CT molecular complexity index is 411.